The van der Waals surface area contributed by atoms with E-state index in [1.54, 1.807) is 37.7 Å². The number of methoxy groups -OCH3 is 1. The minimum Gasteiger partial charge on any atom is -0.493 e. The standard InChI is InChI=1S/C21H22N2O3/c1-25-18-6-4-15(5-7-19(24)23-16-8-12-22-13-9-16)17-14-21(26-20(17)18)10-2-3-11-21/h4-9,12-13H,2-3,10-11,14H2,1H3,(H,22,23,24)/b7-5+. The van der Waals surface area contributed by atoms with Crippen molar-refractivity contribution in [2.45, 2.75) is 37.7 Å². The van der Waals surface area contributed by atoms with Gasteiger partial charge in [-0.3, -0.25) is 9.78 Å². The summed E-state index contributed by atoms with van der Waals surface area (Å²) in [5, 5.41) is 2.83. The van der Waals surface area contributed by atoms with Crippen LogP contribution >= 0.6 is 0 Å². The van der Waals surface area contributed by atoms with Crippen molar-refractivity contribution in [2.75, 3.05) is 12.4 Å². The molecule has 134 valence electrons. The molecule has 2 aliphatic rings. The zero-order chi connectivity index (χ0) is 18.0. The van der Waals surface area contributed by atoms with Gasteiger partial charge < -0.3 is 14.8 Å². The summed E-state index contributed by atoms with van der Waals surface area (Å²) >= 11 is 0. The van der Waals surface area contributed by atoms with Gasteiger partial charge in [-0.05, 0) is 55.5 Å². The highest BCUT2D eigenvalue weighted by atomic mass is 16.5. The average Bonchev–Trinajstić information content (AvgIpc) is 3.27. The van der Waals surface area contributed by atoms with Gasteiger partial charge in [-0.2, -0.15) is 0 Å². The number of benzene rings is 1. The van der Waals surface area contributed by atoms with Crippen LogP contribution in [0.4, 0.5) is 5.69 Å². The largest absolute Gasteiger partial charge is 0.493 e. The van der Waals surface area contributed by atoms with E-state index in [0.717, 1.165) is 47.6 Å². The lowest BCUT2D eigenvalue weighted by Gasteiger charge is -2.22. The minimum absolute atomic E-state index is 0.0845. The van der Waals surface area contributed by atoms with Crippen molar-refractivity contribution in [1.82, 2.24) is 4.98 Å². The molecule has 26 heavy (non-hydrogen) atoms. The van der Waals surface area contributed by atoms with Crippen LogP contribution in [0.5, 0.6) is 11.5 Å². The third kappa shape index (κ3) is 3.17. The second-order valence-corrected chi connectivity index (χ2v) is 6.89. The number of amides is 1. The average molecular weight is 350 g/mol. The van der Waals surface area contributed by atoms with Gasteiger partial charge in [0.15, 0.2) is 11.5 Å². The number of ether oxygens (including phenoxy) is 2. The Hall–Kier alpha value is -2.82. The Morgan fingerprint density at radius 1 is 1.23 bits per heavy atom. The van der Waals surface area contributed by atoms with E-state index in [0.29, 0.717) is 0 Å². The molecule has 1 aromatic carbocycles. The zero-order valence-electron chi connectivity index (χ0n) is 14.8. The molecule has 1 saturated carbocycles. The third-order valence-electron chi connectivity index (χ3n) is 5.17. The van der Waals surface area contributed by atoms with E-state index in [-0.39, 0.29) is 11.5 Å². The molecule has 1 N–H and O–H groups in total. The van der Waals surface area contributed by atoms with Crippen LogP contribution < -0.4 is 14.8 Å². The van der Waals surface area contributed by atoms with Crippen LogP contribution in [0.3, 0.4) is 0 Å². The predicted molar refractivity (Wildman–Crippen MR) is 100 cm³/mol. The number of rotatable bonds is 4. The van der Waals surface area contributed by atoms with E-state index in [1.807, 2.05) is 18.2 Å². The molecule has 0 bridgehead atoms. The van der Waals surface area contributed by atoms with Crippen molar-refractivity contribution < 1.29 is 14.3 Å². The van der Waals surface area contributed by atoms with Gasteiger partial charge >= 0.3 is 0 Å². The van der Waals surface area contributed by atoms with Gasteiger partial charge in [0.05, 0.1) is 7.11 Å². The van der Waals surface area contributed by atoms with E-state index in [9.17, 15) is 4.79 Å². The van der Waals surface area contributed by atoms with Gasteiger partial charge in [0, 0.05) is 36.1 Å². The van der Waals surface area contributed by atoms with Crippen molar-refractivity contribution in [2.24, 2.45) is 0 Å². The number of nitrogens with zero attached hydrogens (tertiary/aromatic N) is 1. The van der Waals surface area contributed by atoms with E-state index < -0.39 is 0 Å². The maximum Gasteiger partial charge on any atom is 0.248 e. The van der Waals surface area contributed by atoms with Crippen LogP contribution in [0, 0.1) is 0 Å². The summed E-state index contributed by atoms with van der Waals surface area (Å²) in [5.41, 5.74) is 2.79. The molecule has 5 heteroatoms. The molecule has 0 radical (unpaired) electrons. The summed E-state index contributed by atoms with van der Waals surface area (Å²) in [7, 11) is 1.66. The van der Waals surface area contributed by atoms with Crippen LogP contribution in [0.1, 0.15) is 36.8 Å². The highest BCUT2D eigenvalue weighted by Crippen LogP contribution is 2.49. The number of pyridine rings is 1. The molecule has 1 spiro atoms. The predicted octanol–water partition coefficient (Wildman–Crippen LogP) is 3.99. The topological polar surface area (TPSA) is 60.5 Å². The molecule has 2 aromatic rings. The molecule has 1 aliphatic heterocycles. The lowest BCUT2D eigenvalue weighted by molar-refractivity contribution is -0.111. The second-order valence-electron chi connectivity index (χ2n) is 6.89. The lowest BCUT2D eigenvalue weighted by atomic mass is 9.92. The Labute approximate surface area is 153 Å². The molecule has 0 unspecified atom stereocenters. The number of fused-ring (bicyclic) bond motifs is 1. The molecule has 1 aromatic heterocycles. The van der Waals surface area contributed by atoms with Gasteiger partial charge in [0.25, 0.3) is 0 Å². The van der Waals surface area contributed by atoms with Gasteiger partial charge in [-0.1, -0.05) is 6.07 Å². The minimum atomic E-state index is -0.171. The molecule has 0 atom stereocenters. The van der Waals surface area contributed by atoms with Gasteiger partial charge in [0.1, 0.15) is 5.60 Å². The van der Waals surface area contributed by atoms with Crippen molar-refractivity contribution in [3.05, 3.63) is 53.9 Å². The van der Waals surface area contributed by atoms with Gasteiger partial charge in [-0.15, -0.1) is 0 Å². The van der Waals surface area contributed by atoms with Crippen molar-refractivity contribution in [1.29, 1.82) is 0 Å². The number of hydrogen-bond acceptors (Lipinski definition) is 4. The molecule has 1 amide bonds. The third-order valence-corrected chi connectivity index (χ3v) is 5.17. The number of carbonyl (C=O) groups is 1. The molecular formula is C21H22N2O3. The lowest BCUT2D eigenvalue weighted by Crippen LogP contribution is -2.30. The number of carbonyl (C=O) groups excluding carboxylic acids is 1. The fourth-order valence-corrected chi connectivity index (χ4v) is 3.89. The molecule has 0 saturated heterocycles. The van der Waals surface area contributed by atoms with Crippen LogP contribution in [-0.2, 0) is 11.2 Å². The van der Waals surface area contributed by atoms with Crippen molar-refractivity contribution >= 4 is 17.7 Å². The summed E-state index contributed by atoms with van der Waals surface area (Å²) < 4.78 is 11.8. The first kappa shape index (κ1) is 16.6. The zero-order valence-corrected chi connectivity index (χ0v) is 14.8. The highest BCUT2D eigenvalue weighted by molar-refractivity contribution is 6.02. The van der Waals surface area contributed by atoms with Gasteiger partial charge in [0.2, 0.25) is 5.91 Å². The summed E-state index contributed by atoms with van der Waals surface area (Å²) in [5.74, 6) is 1.43. The highest BCUT2D eigenvalue weighted by Gasteiger charge is 2.43. The van der Waals surface area contributed by atoms with E-state index in [1.165, 1.54) is 12.8 Å². The van der Waals surface area contributed by atoms with Crippen LogP contribution in [0.25, 0.3) is 6.08 Å². The fraction of sp³-hybridized carbons (Fsp3) is 0.333. The Morgan fingerprint density at radius 3 is 2.73 bits per heavy atom. The Bertz CT molecular complexity index is 840. The summed E-state index contributed by atoms with van der Waals surface area (Å²) in [4.78, 5) is 16.1. The van der Waals surface area contributed by atoms with Crippen LogP contribution in [0.15, 0.2) is 42.7 Å². The summed E-state index contributed by atoms with van der Waals surface area (Å²) in [6.45, 7) is 0. The molecule has 2 heterocycles. The fourth-order valence-electron chi connectivity index (χ4n) is 3.89. The quantitative estimate of drug-likeness (QED) is 0.847. The Morgan fingerprint density at radius 2 is 2.00 bits per heavy atom. The monoisotopic (exact) mass is 350 g/mol. The van der Waals surface area contributed by atoms with Crippen molar-refractivity contribution in [3.63, 3.8) is 0 Å². The summed E-state index contributed by atoms with van der Waals surface area (Å²) in [6.07, 6.45) is 12.2. The number of anilines is 1. The van der Waals surface area contributed by atoms with Crippen LogP contribution in [-0.4, -0.2) is 23.6 Å². The van der Waals surface area contributed by atoms with E-state index in [4.69, 9.17) is 9.47 Å². The first-order chi connectivity index (χ1) is 12.7. The Balaban J connectivity index is 1.56. The Kier molecular flexibility index (Phi) is 4.37. The first-order valence-electron chi connectivity index (χ1n) is 8.97. The van der Waals surface area contributed by atoms with E-state index >= 15 is 0 Å². The SMILES string of the molecule is COc1ccc(/C=C/C(=O)Nc2ccncc2)c2c1OC1(CCCC1)C2. The molecule has 1 fully saturated rings. The first-order valence-corrected chi connectivity index (χ1v) is 8.97. The molecule has 5 nitrogen and oxygen atoms in total. The maximum absolute atomic E-state index is 12.2. The van der Waals surface area contributed by atoms with Gasteiger partial charge in [-0.25, -0.2) is 0 Å². The number of aromatic nitrogens is 1. The molecule has 1 aliphatic carbocycles. The molecular weight excluding hydrogens is 328 g/mol. The summed E-state index contributed by atoms with van der Waals surface area (Å²) in [6, 6.07) is 7.42. The number of hydrogen-bond donors (Lipinski definition) is 1. The van der Waals surface area contributed by atoms with Crippen LogP contribution in [0.2, 0.25) is 0 Å². The second kappa shape index (κ2) is 6.83. The normalized spacial score (nSPS) is 17.3. The molecule has 4 rings (SSSR count). The van der Waals surface area contributed by atoms with E-state index in [2.05, 4.69) is 10.3 Å². The van der Waals surface area contributed by atoms with Crippen molar-refractivity contribution in [3.8, 4) is 11.5 Å². The maximum atomic E-state index is 12.2. The smallest absolute Gasteiger partial charge is 0.248 e. The number of nitrogens with one attached hydrogen (secondary N) is 1.